The lowest BCUT2D eigenvalue weighted by Gasteiger charge is -2.39. The molecule has 3 aromatic rings. The van der Waals surface area contributed by atoms with Crippen LogP contribution in [-0.4, -0.2) is 5.01 Å². The standard InChI is InChI=1S/C64H63N3/c1-5-21-53(66(54-38-36-49(37-39-54)48-26-11-7-12-27-48)55-40-41-58-57-34-17-18-35-59(57)64(3,4)60(58)44-55)32-20-23-46-22-19-31-52(42-46)61-43-51-30-15-16-33-56(51)63(67(61)65)62(50-28-13-8-14-29-50)45(2)47-24-9-6-10-25-47/h5-13,15-21,24-26,28,31-36,38,40-44,46,48,51H,1-2,14,22-23,27,29-30,37,39,65H2,3-4H3/b32-20-,53-21+,63-62+/t46-,48-,51+/m0/s1. The number of rotatable bonds is 12. The molecule has 0 saturated carbocycles. The van der Waals surface area contributed by atoms with Gasteiger partial charge in [-0.15, -0.1) is 0 Å². The molecule has 6 aliphatic carbocycles. The third-order valence-electron chi connectivity index (χ3n) is 14.8. The molecule has 3 aromatic carbocycles. The zero-order valence-electron chi connectivity index (χ0n) is 39.3. The van der Waals surface area contributed by atoms with Crippen LogP contribution in [0.15, 0.2) is 258 Å². The van der Waals surface area contributed by atoms with Gasteiger partial charge in [0.15, 0.2) is 0 Å². The SMILES string of the molecule is C=C/C=C(\C=C/C[C@H]1C=C(C2=C[C@H]3CC=CC=C3/C(=C(/C(=C)c3ccccc3)C3=CC=CCC3)N2N)C=CC1)N(C1=CC=C([C@H]2C=CC=CC2)CC1)c1ccc2c(c1)C(C)(C)c1ccccc1-2. The number of hydrogen-bond donors (Lipinski definition) is 1. The van der Waals surface area contributed by atoms with Gasteiger partial charge in [-0.05, 0) is 138 Å². The van der Waals surface area contributed by atoms with Gasteiger partial charge in [0.05, 0.1) is 11.4 Å². The monoisotopic (exact) mass is 874 g/mol. The largest absolute Gasteiger partial charge is 0.314 e. The van der Waals surface area contributed by atoms with E-state index in [2.05, 4.69) is 214 Å². The van der Waals surface area contributed by atoms with Crippen molar-refractivity contribution in [1.29, 1.82) is 0 Å². The van der Waals surface area contributed by atoms with E-state index in [0.29, 0.717) is 11.8 Å². The van der Waals surface area contributed by atoms with E-state index in [-0.39, 0.29) is 11.3 Å². The number of hydrazine groups is 1. The van der Waals surface area contributed by atoms with Crippen molar-refractivity contribution in [1.82, 2.24) is 5.01 Å². The van der Waals surface area contributed by atoms with Gasteiger partial charge in [0, 0.05) is 39.9 Å². The topological polar surface area (TPSA) is 32.5 Å². The van der Waals surface area contributed by atoms with E-state index >= 15 is 0 Å². The van der Waals surface area contributed by atoms with Crippen LogP contribution in [0.2, 0.25) is 0 Å². The maximum absolute atomic E-state index is 7.42. The molecule has 3 heteroatoms. The minimum atomic E-state index is -0.101. The van der Waals surface area contributed by atoms with E-state index in [1.165, 1.54) is 55.9 Å². The van der Waals surface area contributed by atoms with Crippen LogP contribution in [0, 0.1) is 17.8 Å². The summed E-state index contributed by atoms with van der Waals surface area (Å²) in [4.78, 5) is 2.48. The van der Waals surface area contributed by atoms with E-state index in [9.17, 15) is 0 Å². The fourth-order valence-corrected chi connectivity index (χ4v) is 11.3. The van der Waals surface area contributed by atoms with Crippen molar-refractivity contribution in [3.05, 3.63) is 275 Å². The number of nitrogens with two attached hydrogens (primary N) is 1. The van der Waals surface area contributed by atoms with Crippen molar-refractivity contribution in [2.24, 2.45) is 23.6 Å². The van der Waals surface area contributed by atoms with Crippen molar-refractivity contribution in [2.45, 2.75) is 70.6 Å². The second-order valence-electron chi connectivity index (χ2n) is 19.3. The number of nitrogens with zero attached hydrogens (tertiary/aromatic N) is 2. The minimum Gasteiger partial charge on any atom is -0.314 e. The Hall–Kier alpha value is -6.94. The van der Waals surface area contributed by atoms with Crippen LogP contribution in [0.3, 0.4) is 0 Å². The van der Waals surface area contributed by atoms with E-state index in [4.69, 9.17) is 12.4 Å². The third-order valence-corrected chi connectivity index (χ3v) is 14.8. The summed E-state index contributed by atoms with van der Waals surface area (Å²) in [5.74, 6) is 8.41. The van der Waals surface area contributed by atoms with Crippen LogP contribution in [0.4, 0.5) is 5.69 Å². The van der Waals surface area contributed by atoms with Crippen molar-refractivity contribution in [3.8, 4) is 11.1 Å². The first-order valence-electron chi connectivity index (χ1n) is 24.4. The van der Waals surface area contributed by atoms with Gasteiger partial charge in [0.25, 0.3) is 0 Å². The smallest absolute Gasteiger partial charge is 0.0694 e. The van der Waals surface area contributed by atoms with E-state index < -0.39 is 0 Å². The summed E-state index contributed by atoms with van der Waals surface area (Å²) in [5, 5.41) is 1.97. The van der Waals surface area contributed by atoms with Gasteiger partial charge in [0.1, 0.15) is 0 Å². The normalized spacial score (nSPS) is 23.3. The van der Waals surface area contributed by atoms with Crippen LogP contribution < -0.4 is 10.7 Å². The van der Waals surface area contributed by atoms with Crippen molar-refractivity contribution >= 4 is 11.3 Å². The van der Waals surface area contributed by atoms with Crippen LogP contribution in [0.25, 0.3) is 16.7 Å². The number of allylic oxidation sites excluding steroid dienone is 26. The summed E-state index contributed by atoms with van der Waals surface area (Å²) in [6.45, 7) is 13.7. The molecule has 334 valence electrons. The van der Waals surface area contributed by atoms with Gasteiger partial charge in [-0.25, -0.2) is 5.84 Å². The van der Waals surface area contributed by atoms with Crippen molar-refractivity contribution in [3.63, 3.8) is 0 Å². The number of hydrogen-bond acceptors (Lipinski definition) is 3. The zero-order chi connectivity index (χ0) is 45.9. The minimum absolute atomic E-state index is 0.101. The van der Waals surface area contributed by atoms with Gasteiger partial charge in [-0.1, -0.05) is 197 Å². The highest BCUT2D eigenvalue weighted by molar-refractivity contribution is 5.86. The third kappa shape index (κ3) is 8.65. The highest BCUT2D eigenvalue weighted by Crippen LogP contribution is 2.51. The van der Waals surface area contributed by atoms with Crippen LogP contribution in [0.1, 0.15) is 81.9 Å². The Morgan fingerprint density at radius 2 is 1.60 bits per heavy atom. The Kier molecular flexibility index (Phi) is 12.5. The van der Waals surface area contributed by atoms with Crippen molar-refractivity contribution in [2.75, 3.05) is 4.90 Å². The number of anilines is 1. The summed E-state index contributed by atoms with van der Waals surface area (Å²) in [5.41, 5.74) is 19.5. The zero-order valence-corrected chi connectivity index (χ0v) is 39.3. The lowest BCUT2D eigenvalue weighted by molar-refractivity contribution is 0.426. The van der Waals surface area contributed by atoms with Gasteiger partial charge >= 0.3 is 0 Å². The first-order valence-corrected chi connectivity index (χ1v) is 24.4. The maximum Gasteiger partial charge on any atom is 0.0694 e. The first-order chi connectivity index (χ1) is 32.8. The molecular weight excluding hydrogens is 811 g/mol. The number of benzene rings is 3. The Morgan fingerprint density at radius 3 is 2.39 bits per heavy atom. The Labute approximate surface area is 399 Å². The summed E-state index contributed by atoms with van der Waals surface area (Å²) in [6, 6.07) is 26.6. The Bertz CT molecular complexity index is 2930. The molecule has 1 heterocycles. The molecular formula is C64H63N3. The highest BCUT2D eigenvalue weighted by Gasteiger charge is 2.37. The second-order valence-corrected chi connectivity index (χ2v) is 19.3. The van der Waals surface area contributed by atoms with Crippen LogP contribution >= 0.6 is 0 Å². The molecule has 0 radical (unpaired) electrons. The van der Waals surface area contributed by atoms with Gasteiger partial charge in [-0.3, -0.25) is 5.01 Å². The molecule has 1 aliphatic heterocycles. The quantitative estimate of drug-likeness (QED) is 0.145. The summed E-state index contributed by atoms with van der Waals surface area (Å²) in [7, 11) is 0. The maximum atomic E-state index is 7.42. The average Bonchev–Trinajstić information content (AvgIpc) is 3.60. The molecule has 7 aliphatic rings. The van der Waals surface area contributed by atoms with Gasteiger partial charge in [-0.2, -0.15) is 0 Å². The number of fused-ring (bicyclic) bond motifs is 4. The Balaban J connectivity index is 0.973. The highest BCUT2D eigenvalue weighted by atomic mass is 15.4. The van der Waals surface area contributed by atoms with E-state index in [1.807, 2.05) is 11.1 Å². The molecule has 3 atom stereocenters. The summed E-state index contributed by atoms with van der Waals surface area (Å²) in [6.07, 6.45) is 53.3. The molecule has 3 nitrogen and oxygen atoms in total. The van der Waals surface area contributed by atoms with Gasteiger partial charge < -0.3 is 4.90 Å². The predicted octanol–water partition coefficient (Wildman–Crippen LogP) is 15.9. The first kappa shape index (κ1) is 43.9. The average molecular weight is 874 g/mol. The molecule has 0 saturated heterocycles. The second kappa shape index (κ2) is 19.1. The lowest BCUT2D eigenvalue weighted by Crippen LogP contribution is -2.38. The van der Waals surface area contributed by atoms with E-state index in [0.717, 1.165) is 85.2 Å². The molecule has 10 rings (SSSR count). The molecule has 0 aromatic heterocycles. The van der Waals surface area contributed by atoms with E-state index in [1.54, 1.807) is 0 Å². The molecule has 0 spiro atoms. The summed E-state index contributed by atoms with van der Waals surface area (Å²) < 4.78 is 0. The van der Waals surface area contributed by atoms with Crippen LogP contribution in [-0.2, 0) is 5.41 Å². The molecule has 2 N–H and O–H groups in total. The van der Waals surface area contributed by atoms with Gasteiger partial charge in [0.2, 0.25) is 0 Å². The fourth-order valence-electron chi connectivity index (χ4n) is 11.3. The molecule has 67 heavy (non-hydrogen) atoms. The predicted molar refractivity (Wildman–Crippen MR) is 284 cm³/mol. The fraction of sp³-hybridized carbons (Fsp3) is 0.219. The molecule has 0 bridgehead atoms. The molecule has 0 amide bonds. The molecule has 0 fully saturated rings. The van der Waals surface area contributed by atoms with Crippen molar-refractivity contribution < 1.29 is 0 Å². The molecule has 0 unspecified atom stereocenters. The summed E-state index contributed by atoms with van der Waals surface area (Å²) >= 11 is 0. The Morgan fingerprint density at radius 1 is 0.791 bits per heavy atom. The lowest BCUT2D eigenvalue weighted by atomic mass is 9.78. The van der Waals surface area contributed by atoms with Crippen LogP contribution in [0.5, 0.6) is 0 Å².